The molecule has 0 aliphatic rings. The Morgan fingerprint density at radius 1 is 1.32 bits per heavy atom. The van der Waals surface area contributed by atoms with Gasteiger partial charge in [-0.15, -0.1) is 0 Å². The van der Waals surface area contributed by atoms with Gasteiger partial charge in [-0.25, -0.2) is 4.79 Å². The van der Waals surface area contributed by atoms with Crippen molar-refractivity contribution >= 4 is 23.5 Å². The summed E-state index contributed by atoms with van der Waals surface area (Å²) < 4.78 is 9.62. The average Bonchev–Trinajstić information content (AvgIpc) is 2.59. The molecule has 1 aromatic rings. The van der Waals surface area contributed by atoms with Crippen LogP contribution in [-0.2, 0) is 14.3 Å². The molecule has 0 fully saturated rings. The molecule has 0 aliphatic heterocycles. The maximum absolute atomic E-state index is 11.9. The Bertz CT molecular complexity index is 675. The largest absolute Gasteiger partial charge is 0.490 e. The van der Waals surface area contributed by atoms with Gasteiger partial charge in [-0.1, -0.05) is 0 Å². The zero-order chi connectivity index (χ0) is 19.0. The number of amides is 2. The normalized spacial score (nSPS) is 11.2. The Labute approximate surface area is 143 Å². The van der Waals surface area contributed by atoms with Gasteiger partial charge in [-0.2, -0.15) is 0 Å². The Kier molecular flexibility index (Phi) is 7.32. The van der Waals surface area contributed by atoms with Crippen LogP contribution in [0.5, 0.6) is 5.75 Å². The number of nitrogens with one attached hydrogen (secondary N) is 2. The van der Waals surface area contributed by atoms with Crippen molar-refractivity contribution in [2.45, 2.75) is 19.9 Å². The molecule has 0 saturated carbocycles. The molecule has 0 bridgehead atoms. The zero-order valence-corrected chi connectivity index (χ0v) is 14.0. The first-order valence-corrected chi connectivity index (χ1v) is 7.36. The predicted molar refractivity (Wildman–Crippen MR) is 86.2 cm³/mol. The van der Waals surface area contributed by atoms with Crippen LogP contribution in [0.25, 0.3) is 0 Å². The molecular weight excluding hydrogens is 334 g/mol. The summed E-state index contributed by atoms with van der Waals surface area (Å²) in [7, 11) is 1.26. The van der Waals surface area contributed by atoms with E-state index in [0.717, 1.165) is 6.07 Å². The summed E-state index contributed by atoms with van der Waals surface area (Å²) in [5.41, 5.74) is -0.497. The van der Waals surface area contributed by atoms with Gasteiger partial charge in [0.25, 0.3) is 5.91 Å². The van der Waals surface area contributed by atoms with Gasteiger partial charge in [0.1, 0.15) is 6.04 Å². The molecule has 1 atom stereocenters. The number of esters is 1. The Hall–Kier alpha value is -3.17. The summed E-state index contributed by atoms with van der Waals surface area (Å²) in [6.45, 7) is 3.02. The van der Waals surface area contributed by atoms with E-state index < -0.39 is 35.1 Å². The van der Waals surface area contributed by atoms with Crippen molar-refractivity contribution < 1.29 is 28.8 Å². The van der Waals surface area contributed by atoms with Crippen LogP contribution in [0.4, 0.5) is 5.69 Å². The van der Waals surface area contributed by atoms with Crippen molar-refractivity contribution in [2.24, 2.45) is 0 Å². The first kappa shape index (κ1) is 19.9. The molecule has 0 aromatic heterocycles. The number of nitrogens with zero attached hydrogens (tertiary/aromatic N) is 1. The van der Waals surface area contributed by atoms with E-state index in [0.29, 0.717) is 6.54 Å². The predicted octanol–water partition coefficient (Wildman–Crippen LogP) is 0.401. The van der Waals surface area contributed by atoms with Gasteiger partial charge in [0, 0.05) is 12.6 Å². The van der Waals surface area contributed by atoms with E-state index in [1.165, 1.54) is 26.2 Å². The average molecular weight is 353 g/mol. The van der Waals surface area contributed by atoms with Crippen molar-refractivity contribution in [2.75, 3.05) is 20.3 Å². The van der Waals surface area contributed by atoms with E-state index in [1.54, 1.807) is 6.92 Å². The molecule has 0 unspecified atom stereocenters. The SMILES string of the molecule is CCNC(=O)[C@@H](C)NC(=O)COC(=O)c1ccc(OC)c([N+](=O)[O-])c1. The van der Waals surface area contributed by atoms with E-state index in [4.69, 9.17) is 9.47 Å². The van der Waals surface area contributed by atoms with Crippen molar-refractivity contribution in [1.29, 1.82) is 0 Å². The number of carbonyl (C=O) groups excluding carboxylic acids is 3. The zero-order valence-electron chi connectivity index (χ0n) is 14.0. The van der Waals surface area contributed by atoms with Crippen LogP contribution in [0.1, 0.15) is 24.2 Å². The fraction of sp³-hybridized carbons (Fsp3) is 0.400. The minimum atomic E-state index is -0.911. The first-order valence-electron chi connectivity index (χ1n) is 7.36. The number of rotatable bonds is 8. The highest BCUT2D eigenvalue weighted by Gasteiger charge is 2.20. The molecule has 1 rings (SSSR count). The minimum Gasteiger partial charge on any atom is -0.490 e. The van der Waals surface area contributed by atoms with E-state index in [2.05, 4.69) is 10.6 Å². The van der Waals surface area contributed by atoms with E-state index >= 15 is 0 Å². The van der Waals surface area contributed by atoms with Crippen LogP contribution in [0.15, 0.2) is 18.2 Å². The monoisotopic (exact) mass is 353 g/mol. The molecule has 0 saturated heterocycles. The van der Waals surface area contributed by atoms with Gasteiger partial charge in [-0.3, -0.25) is 19.7 Å². The Morgan fingerprint density at radius 3 is 2.56 bits per heavy atom. The number of hydrogen-bond donors (Lipinski definition) is 2. The molecule has 0 radical (unpaired) electrons. The second kappa shape index (κ2) is 9.21. The molecular formula is C15H19N3O7. The van der Waals surface area contributed by atoms with Crippen LogP contribution in [-0.4, -0.2) is 49.0 Å². The topological polar surface area (TPSA) is 137 Å². The third kappa shape index (κ3) is 5.75. The molecule has 1 aromatic carbocycles. The molecule has 10 heteroatoms. The van der Waals surface area contributed by atoms with Crippen LogP contribution in [0.3, 0.4) is 0 Å². The quantitative estimate of drug-likeness (QED) is 0.392. The Balaban J connectivity index is 2.65. The van der Waals surface area contributed by atoms with Gasteiger partial charge in [0.2, 0.25) is 5.91 Å². The van der Waals surface area contributed by atoms with E-state index in [-0.39, 0.29) is 17.2 Å². The number of nitro groups is 1. The number of benzene rings is 1. The molecule has 0 aliphatic carbocycles. The maximum atomic E-state index is 11.9. The number of likely N-dealkylation sites (N-methyl/N-ethyl adjacent to an activating group) is 1. The third-order valence-electron chi connectivity index (χ3n) is 3.07. The van der Waals surface area contributed by atoms with Gasteiger partial charge in [0.15, 0.2) is 12.4 Å². The smallest absolute Gasteiger partial charge is 0.338 e. The minimum absolute atomic E-state index is 0.00458. The van der Waals surface area contributed by atoms with Gasteiger partial charge < -0.3 is 20.1 Å². The van der Waals surface area contributed by atoms with E-state index in [1.807, 2.05) is 0 Å². The van der Waals surface area contributed by atoms with Crippen molar-refractivity contribution in [3.8, 4) is 5.75 Å². The molecule has 10 nitrogen and oxygen atoms in total. The molecule has 0 heterocycles. The fourth-order valence-corrected chi connectivity index (χ4v) is 1.85. The lowest BCUT2D eigenvalue weighted by Gasteiger charge is -2.13. The van der Waals surface area contributed by atoms with Gasteiger partial charge >= 0.3 is 11.7 Å². The fourth-order valence-electron chi connectivity index (χ4n) is 1.85. The lowest BCUT2D eigenvalue weighted by atomic mass is 10.2. The number of carbonyl (C=O) groups is 3. The maximum Gasteiger partial charge on any atom is 0.338 e. The second-order valence-corrected chi connectivity index (χ2v) is 4.90. The van der Waals surface area contributed by atoms with Crippen molar-refractivity contribution in [3.05, 3.63) is 33.9 Å². The summed E-state index contributed by atoms with van der Waals surface area (Å²) in [5, 5.41) is 15.8. The molecule has 2 N–H and O–H groups in total. The molecule has 2 amide bonds. The highest BCUT2D eigenvalue weighted by atomic mass is 16.6. The third-order valence-corrected chi connectivity index (χ3v) is 3.07. The van der Waals surface area contributed by atoms with Crippen molar-refractivity contribution in [1.82, 2.24) is 10.6 Å². The summed E-state index contributed by atoms with van der Waals surface area (Å²) in [6.07, 6.45) is 0. The highest BCUT2D eigenvalue weighted by molar-refractivity contribution is 5.93. The lowest BCUT2D eigenvalue weighted by Crippen LogP contribution is -2.46. The van der Waals surface area contributed by atoms with Crippen LogP contribution in [0, 0.1) is 10.1 Å². The second-order valence-electron chi connectivity index (χ2n) is 4.90. The number of nitro benzene ring substituents is 1. The number of ether oxygens (including phenoxy) is 2. The van der Waals surface area contributed by atoms with E-state index in [9.17, 15) is 24.5 Å². The van der Waals surface area contributed by atoms with Crippen LogP contribution in [0.2, 0.25) is 0 Å². The van der Waals surface area contributed by atoms with Crippen LogP contribution < -0.4 is 15.4 Å². The summed E-state index contributed by atoms with van der Waals surface area (Å²) in [6, 6.07) is 2.75. The number of hydrogen-bond acceptors (Lipinski definition) is 7. The first-order chi connectivity index (χ1) is 11.8. The van der Waals surface area contributed by atoms with Gasteiger partial charge in [0.05, 0.1) is 17.6 Å². The number of methoxy groups -OCH3 is 1. The van der Waals surface area contributed by atoms with Crippen LogP contribution >= 0.6 is 0 Å². The molecule has 136 valence electrons. The molecule has 0 spiro atoms. The summed E-state index contributed by atoms with van der Waals surface area (Å²) in [5.74, 6) is -1.95. The summed E-state index contributed by atoms with van der Waals surface area (Å²) >= 11 is 0. The lowest BCUT2D eigenvalue weighted by molar-refractivity contribution is -0.385. The standard InChI is InChI=1S/C15H19N3O7/c1-4-16-14(20)9(2)17-13(19)8-25-15(21)10-5-6-12(24-3)11(7-10)18(22)23/h5-7,9H,4,8H2,1-3H3,(H,16,20)(H,17,19)/t9-/m1/s1. The van der Waals surface area contributed by atoms with Gasteiger partial charge in [-0.05, 0) is 26.0 Å². The van der Waals surface area contributed by atoms with Crippen molar-refractivity contribution in [3.63, 3.8) is 0 Å². The summed E-state index contributed by atoms with van der Waals surface area (Å²) in [4.78, 5) is 45.3. The molecule has 25 heavy (non-hydrogen) atoms. The Morgan fingerprint density at radius 2 is 2.00 bits per heavy atom. The highest BCUT2D eigenvalue weighted by Crippen LogP contribution is 2.27.